The second kappa shape index (κ2) is 5.62. The lowest BCUT2D eigenvalue weighted by atomic mass is 10.1. The predicted octanol–water partition coefficient (Wildman–Crippen LogP) is 4.86. The van der Waals surface area contributed by atoms with Crippen molar-refractivity contribution in [2.24, 2.45) is 5.92 Å². The molecule has 0 aromatic heterocycles. The van der Waals surface area contributed by atoms with Crippen LogP contribution in [-0.4, -0.2) is 12.6 Å². The van der Waals surface area contributed by atoms with E-state index in [1.54, 1.807) is 0 Å². The maximum Gasteiger partial charge on any atom is 0.0426 e. The van der Waals surface area contributed by atoms with E-state index in [-0.39, 0.29) is 0 Å². The van der Waals surface area contributed by atoms with Gasteiger partial charge >= 0.3 is 0 Å². The molecule has 0 heterocycles. The molecule has 3 heteroatoms. The number of benzene rings is 1. The van der Waals surface area contributed by atoms with Crippen molar-refractivity contribution in [1.82, 2.24) is 0 Å². The molecule has 1 nitrogen and oxygen atoms in total. The summed E-state index contributed by atoms with van der Waals surface area (Å²) in [6, 6.07) is 6.94. The first kappa shape index (κ1) is 13.2. The Hall–Kier alpha value is -0.210. The Balaban J connectivity index is 2.30. The summed E-state index contributed by atoms with van der Waals surface area (Å²) in [5.74, 6) is 0.678. The van der Waals surface area contributed by atoms with Gasteiger partial charge in [0.25, 0.3) is 0 Å². The van der Waals surface area contributed by atoms with Crippen LogP contribution in [0.1, 0.15) is 32.3 Å². The molecule has 0 unspecified atom stereocenters. The van der Waals surface area contributed by atoms with E-state index in [0.29, 0.717) is 5.92 Å². The van der Waals surface area contributed by atoms with Gasteiger partial charge in [0, 0.05) is 28.6 Å². The number of alkyl halides is 1. The molecule has 17 heavy (non-hydrogen) atoms. The topological polar surface area (TPSA) is 3.24 Å². The molecule has 0 radical (unpaired) electrons. The van der Waals surface area contributed by atoms with Gasteiger partial charge in [-0.3, -0.25) is 0 Å². The zero-order valence-corrected chi connectivity index (χ0v) is 12.8. The van der Waals surface area contributed by atoms with Crippen LogP contribution in [0.25, 0.3) is 0 Å². The van der Waals surface area contributed by atoms with Crippen LogP contribution in [0.2, 0.25) is 5.02 Å². The molecule has 0 amide bonds. The molecule has 0 saturated heterocycles. The van der Waals surface area contributed by atoms with Crippen LogP contribution in [0.3, 0.4) is 0 Å². The van der Waals surface area contributed by atoms with Gasteiger partial charge in [0.1, 0.15) is 0 Å². The summed E-state index contributed by atoms with van der Waals surface area (Å²) >= 11 is 9.70. The van der Waals surface area contributed by atoms with E-state index in [1.807, 2.05) is 6.07 Å². The van der Waals surface area contributed by atoms with Gasteiger partial charge in [-0.05, 0) is 36.5 Å². The number of halogens is 2. The SMILES string of the molecule is CC(C)CN(c1cc(Cl)ccc1CBr)C1CC1. The maximum absolute atomic E-state index is 6.14. The maximum atomic E-state index is 6.14. The largest absolute Gasteiger partial charge is 0.368 e. The molecule has 2 rings (SSSR count). The lowest BCUT2D eigenvalue weighted by Gasteiger charge is -2.28. The minimum atomic E-state index is 0.678. The first-order chi connectivity index (χ1) is 8.11. The van der Waals surface area contributed by atoms with E-state index in [9.17, 15) is 0 Å². The monoisotopic (exact) mass is 315 g/mol. The Morgan fingerprint density at radius 3 is 2.65 bits per heavy atom. The lowest BCUT2D eigenvalue weighted by Crippen LogP contribution is -2.30. The smallest absolute Gasteiger partial charge is 0.0426 e. The standard InChI is InChI=1S/C14H19BrClN/c1-10(2)9-17(13-5-6-13)14-7-12(16)4-3-11(14)8-15/h3-4,7,10,13H,5-6,8-9H2,1-2H3. The molecule has 94 valence electrons. The minimum Gasteiger partial charge on any atom is -0.368 e. The first-order valence-corrected chi connectivity index (χ1v) is 7.72. The molecule has 0 bridgehead atoms. The molecule has 1 aromatic carbocycles. The quantitative estimate of drug-likeness (QED) is 0.701. The van der Waals surface area contributed by atoms with Crippen LogP contribution in [0.15, 0.2) is 18.2 Å². The van der Waals surface area contributed by atoms with Crippen LogP contribution in [-0.2, 0) is 5.33 Å². The summed E-state index contributed by atoms with van der Waals surface area (Å²) in [6.45, 7) is 5.66. The molecule has 0 N–H and O–H groups in total. The number of hydrogen-bond acceptors (Lipinski definition) is 1. The van der Waals surface area contributed by atoms with E-state index in [1.165, 1.54) is 24.1 Å². The normalized spacial score (nSPS) is 15.4. The van der Waals surface area contributed by atoms with Gasteiger partial charge < -0.3 is 4.90 Å². The summed E-state index contributed by atoms with van der Waals surface area (Å²) in [5, 5.41) is 1.72. The fourth-order valence-corrected chi connectivity index (χ4v) is 2.78. The van der Waals surface area contributed by atoms with Gasteiger partial charge in [-0.1, -0.05) is 47.4 Å². The van der Waals surface area contributed by atoms with Crippen molar-refractivity contribution in [3.63, 3.8) is 0 Å². The number of rotatable bonds is 5. The van der Waals surface area contributed by atoms with Crippen LogP contribution in [0.4, 0.5) is 5.69 Å². The van der Waals surface area contributed by atoms with Crippen molar-refractivity contribution >= 4 is 33.2 Å². The summed E-state index contributed by atoms with van der Waals surface area (Å²) in [6.07, 6.45) is 2.64. The first-order valence-electron chi connectivity index (χ1n) is 6.23. The average Bonchev–Trinajstić information content (AvgIpc) is 3.09. The van der Waals surface area contributed by atoms with Gasteiger partial charge in [-0.2, -0.15) is 0 Å². The summed E-state index contributed by atoms with van der Waals surface area (Å²) in [4.78, 5) is 2.53. The minimum absolute atomic E-state index is 0.678. The molecular weight excluding hydrogens is 298 g/mol. The van der Waals surface area contributed by atoms with Crippen molar-refractivity contribution in [2.75, 3.05) is 11.4 Å². The third-order valence-electron chi connectivity index (χ3n) is 3.05. The Kier molecular flexibility index (Phi) is 4.37. The molecule has 1 saturated carbocycles. The van der Waals surface area contributed by atoms with E-state index in [0.717, 1.165) is 22.9 Å². The van der Waals surface area contributed by atoms with E-state index < -0.39 is 0 Å². The lowest BCUT2D eigenvalue weighted by molar-refractivity contribution is 0.606. The third kappa shape index (κ3) is 3.38. The fourth-order valence-electron chi connectivity index (χ4n) is 2.14. The molecule has 1 aliphatic carbocycles. The van der Waals surface area contributed by atoms with Crippen molar-refractivity contribution < 1.29 is 0 Å². The molecule has 1 aliphatic rings. The summed E-state index contributed by atoms with van der Waals surface area (Å²) < 4.78 is 0. The van der Waals surface area contributed by atoms with Gasteiger partial charge in [0.05, 0.1) is 0 Å². The van der Waals surface area contributed by atoms with Crippen molar-refractivity contribution in [2.45, 2.75) is 38.1 Å². The van der Waals surface area contributed by atoms with Crippen molar-refractivity contribution in [3.8, 4) is 0 Å². The number of hydrogen-bond donors (Lipinski definition) is 0. The zero-order chi connectivity index (χ0) is 12.4. The van der Waals surface area contributed by atoms with Crippen LogP contribution < -0.4 is 4.90 Å². The highest BCUT2D eigenvalue weighted by Crippen LogP contribution is 2.36. The Bertz CT molecular complexity index is 388. The molecule has 1 aromatic rings. The highest BCUT2D eigenvalue weighted by molar-refractivity contribution is 9.08. The van der Waals surface area contributed by atoms with Gasteiger partial charge in [-0.15, -0.1) is 0 Å². The Labute approximate surface area is 117 Å². The van der Waals surface area contributed by atoms with Gasteiger partial charge in [0.15, 0.2) is 0 Å². The Morgan fingerprint density at radius 2 is 2.12 bits per heavy atom. The zero-order valence-electron chi connectivity index (χ0n) is 10.4. The average molecular weight is 317 g/mol. The van der Waals surface area contributed by atoms with Crippen molar-refractivity contribution in [1.29, 1.82) is 0 Å². The Morgan fingerprint density at radius 1 is 1.41 bits per heavy atom. The van der Waals surface area contributed by atoms with Crippen LogP contribution >= 0.6 is 27.5 Å². The van der Waals surface area contributed by atoms with Crippen LogP contribution in [0.5, 0.6) is 0 Å². The van der Waals surface area contributed by atoms with E-state index >= 15 is 0 Å². The van der Waals surface area contributed by atoms with Gasteiger partial charge in [-0.25, -0.2) is 0 Å². The molecule has 0 aliphatic heterocycles. The predicted molar refractivity (Wildman–Crippen MR) is 79.3 cm³/mol. The highest BCUT2D eigenvalue weighted by atomic mass is 79.9. The highest BCUT2D eigenvalue weighted by Gasteiger charge is 2.30. The van der Waals surface area contributed by atoms with E-state index in [4.69, 9.17) is 11.6 Å². The number of anilines is 1. The van der Waals surface area contributed by atoms with Crippen molar-refractivity contribution in [3.05, 3.63) is 28.8 Å². The molecular formula is C14H19BrClN. The summed E-state index contributed by atoms with van der Waals surface area (Å²) in [7, 11) is 0. The van der Waals surface area contributed by atoms with E-state index in [2.05, 4.69) is 46.8 Å². The molecule has 0 spiro atoms. The van der Waals surface area contributed by atoms with Gasteiger partial charge in [0.2, 0.25) is 0 Å². The van der Waals surface area contributed by atoms with Crippen LogP contribution in [0, 0.1) is 5.92 Å². The summed E-state index contributed by atoms with van der Waals surface area (Å²) in [5.41, 5.74) is 2.65. The second-order valence-corrected chi connectivity index (χ2v) is 6.18. The molecule has 0 atom stereocenters. The number of nitrogens with zero attached hydrogens (tertiary/aromatic N) is 1. The fraction of sp³-hybridized carbons (Fsp3) is 0.571. The second-order valence-electron chi connectivity index (χ2n) is 5.18. The third-order valence-corrected chi connectivity index (χ3v) is 3.89. The molecule has 1 fully saturated rings.